The Labute approximate surface area is 104 Å². The molecule has 2 rings (SSSR count). The van der Waals surface area contributed by atoms with Crippen LogP contribution in [-0.4, -0.2) is 6.54 Å². The van der Waals surface area contributed by atoms with Gasteiger partial charge in [0, 0.05) is 21.9 Å². The van der Waals surface area contributed by atoms with Gasteiger partial charge in [-0.25, -0.2) is 0 Å². The molecule has 1 nitrogen and oxygen atoms in total. The largest absolute Gasteiger partial charge is 0.301 e. The van der Waals surface area contributed by atoms with Crippen molar-refractivity contribution in [1.82, 2.24) is 5.32 Å². The van der Waals surface area contributed by atoms with E-state index in [2.05, 4.69) is 46.1 Å². The summed E-state index contributed by atoms with van der Waals surface area (Å²) in [6, 6.07) is 6.50. The topological polar surface area (TPSA) is 12.0 Å². The van der Waals surface area contributed by atoms with Crippen LogP contribution in [0.2, 0.25) is 0 Å². The molecular weight excluding hydrogens is 234 g/mol. The summed E-state index contributed by atoms with van der Waals surface area (Å²) in [7, 11) is 0. The van der Waals surface area contributed by atoms with Gasteiger partial charge in [0.05, 0.1) is 6.54 Å². The molecule has 0 saturated carbocycles. The van der Waals surface area contributed by atoms with E-state index in [1.54, 1.807) is 22.7 Å². The van der Waals surface area contributed by atoms with E-state index in [-0.39, 0.29) is 0 Å². The lowest BCUT2D eigenvalue weighted by atomic mass is 10.2. The molecule has 2 heterocycles. The van der Waals surface area contributed by atoms with Crippen molar-refractivity contribution >= 4 is 22.7 Å². The van der Waals surface area contributed by atoms with Crippen LogP contribution in [0.15, 0.2) is 29.0 Å². The molecule has 0 spiro atoms. The summed E-state index contributed by atoms with van der Waals surface area (Å²) >= 11 is 3.59. The summed E-state index contributed by atoms with van der Waals surface area (Å²) in [5.41, 5.74) is 1.33. The van der Waals surface area contributed by atoms with Crippen LogP contribution in [0.4, 0.5) is 0 Å². The lowest BCUT2D eigenvalue weighted by Gasteiger charge is -1.95. The van der Waals surface area contributed by atoms with Crippen LogP contribution in [0, 0.1) is 11.8 Å². The van der Waals surface area contributed by atoms with Gasteiger partial charge in [0.15, 0.2) is 0 Å². The van der Waals surface area contributed by atoms with E-state index in [1.165, 1.54) is 15.3 Å². The molecule has 0 fully saturated rings. The highest BCUT2D eigenvalue weighted by Gasteiger charge is 2.02. The predicted molar refractivity (Wildman–Crippen MR) is 72.8 cm³/mol. The molecule has 0 bridgehead atoms. The molecule has 0 amide bonds. The molecule has 1 N–H and O–H groups in total. The van der Waals surface area contributed by atoms with E-state index in [4.69, 9.17) is 0 Å². The number of thiophene rings is 2. The van der Waals surface area contributed by atoms with Crippen LogP contribution >= 0.6 is 22.7 Å². The monoisotopic (exact) mass is 247 g/mol. The smallest absolute Gasteiger partial charge is 0.0579 e. The highest BCUT2D eigenvalue weighted by atomic mass is 32.1. The molecule has 0 aromatic carbocycles. The Hall–Kier alpha value is -1.08. The molecule has 0 aliphatic carbocycles. The van der Waals surface area contributed by atoms with E-state index >= 15 is 0 Å². The van der Waals surface area contributed by atoms with Crippen molar-refractivity contribution in [2.45, 2.75) is 13.5 Å². The van der Waals surface area contributed by atoms with Gasteiger partial charge >= 0.3 is 0 Å². The summed E-state index contributed by atoms with van der Waals surface area (Å²) in [6.45, 7) is 3.54. The zero-order valence-corrected chi connectivity index (χ0v) is 10.8. The third kappa shape index (κ3) is 2.96. The Balaban J connectivity index is 1.94. The van der Waals surface area contributed by atoms with Crippen LogP contribution in [0.5, 0.6) is 0 Å². The van der Waals surface area contributed by atoms with Crippen molar-refractivity contribution in [1.29, 1.82) is 0 Å². The van der Waals surface area contributed by atoms with Crippen molar-refractivity contribution in [3.8, 4) is 22.3 Å². The van der Waals surface area contributed by atoms with Crippen LogP contribution in [0.25, 0.3) is 10.4 Å². The zero-order chi connectivity index (χ0) is 11.2. The first kappa shape index (κ1) is 11.4. The molecule has 2 aromatic heterocycles. The summed E-state index contributed by atoms with van der Waals surface area (Å²) in [5, 5.41) is 7.63. The number of nitrogens with one attached hydrogen (secondary N) is 1. The van der Waals surface area contributed by atoms with Gasteiger partial charge in [0.1, 0.15) is 0 Å². The first-order valence-corrected chi connectivity index (χ1v) is 6.87. The fourth-order valence-electron chi connectivity index (χ4n) is 1.38. The lowest BCUT2D eigenvalue weighted by Crippen LogP contribution is -2.11. The molecular formula is C13H13NS2. The van der Waals surface area contributed by atoms with Crippen LogP contribution in [-0.2, 0) is 6.54 Å². The normalized spacial score (nSPS) is 9.81. The predicted octanol–water partition coefficient (Wildman–Crippen LogP) is 3.59. The third-order valence-corrected chi connectivity index (χ3v) is 4.00. The van der Waals surface area contributed by atoms with Gasteiger partial charge in [0.25, 0.3) is 0 Å². The summed E-state index contributed by atoms with van der Waals surface area (Å²) < 4.78 is 0. The van der Waals surface area contributed by atoms with E-state index in [9.17, 15) is 0 Å². The van der Waals surface area contributed by atoms with Crippen molar-refractivity contribution < 1.29 is 0 Å². The molecule has 0 atom stereocenters. The number of hydrogen-bond donors (Lipinski definition) is 1. The van der Waals surface area contributed by atoms with E-state index in [0.717, 1.165) is 13.1 Å². The number of rotatable bonds is 4. The average Bonchev–Trinajstić information content (AvgIpc) is 2.94. The van der Waals surface area contributed by atoms with Gasteiger partial charge in [-0.15, -0.1) is 28.6 Å². The molecule has 16 heavy (non-hydrogen) atoms. The molecule has 0 aliphatic rings. The Bertz CT molecular complexity index is 485. The van der Waals surface area contributed by atoms with Crippen molar-refractivity contribution in [3.05, 3.63) is 33.8 Å². The van der Waals surface area contributed by atoms with Gasteiger partial charge < -0.3 is 5.32 Å². The standard InChI is InChI=1S/C13H13NS2/c1-2-3-6-14-9-12-8-11(10-16-12)13-5-4-7-15-13/h4-5,7-8,10,14H,6,9H2,1H3. The highest BCUT2D eigenvalue weighted by molar-refractivity contribution is 7.14. The molecule has 0 radical (unpaired) electrons. The zero-order valence-electron chi connectivity index (χ0n) is 9.12. The van der Waals surface area contributed by atoms with Crippen LogP contribution < -0.4 is 5.32 Å². The Morgan fingerprint density at radius 2 is 2.31 bits per heavy atom. The maximum atomic E-state index is 3.30. The first-order valence-electron chi connectivity index (χ1n) is 5.12. The quantitative estimate of drug-likeness (QED) is 0.643. The lowest BCUT2D eigenvalue weighted by molar-refractivity contribution is 0.781. The minimum absolute atomic E-state index is 0.767. The van der Waals surface area contributed by atoms with E-state index in [0.29, 0.717) is 0 Å². The molecule has 0 aliphatic heterocycles. The summed E-state index contributed by atoms with van der Waals surface area (Å²) in [6.07, 6.45) is 0. The maximum absolute atomic E-state index is 3.30. The van der Waals surface area contributed by atoms with Crippen LogP contribution in [0.1, 0.15) is 11.8 Å². The average molecular weight is 247 g/mol. The summed E-state index contributed by atoms with van der Waals surface area (Å²) in [4.78, 5) is 2.71. The Morgan fingerprint density at radius 1 is 1.38 bits per heavy atom. The minimum Gasteiger partial charge on any atom is -0.301 e. The second kappa shape index (κ2) is 5.86. The van der Waals surface area contributed by atoms with Crippen molar-refractivity contribution in [3.63, 3.8) is 0 Å². The Morgan fingerprint density at radius 3 is 3.06 bits per heavy atom. The molecule has 0 unspecified atom stereocenters. The second-order valence-electron chi connectivity index (χ2n) is 3.31. The highest BCUT2D eigenvalue weighted by Crippen LogP contribution is 2.28. The van der Waals surface area contributed by atoms with Crippen molar-refractivity contribution in [2.24, 2.45) is 0 Å². The van der Waals surface area contributed by atoms with Gasteiger partial charge in [-0.2, -0.15) is 0 Å². The molecule has 82 valence electrons. The first-order chi connectivity index (χ1) is 7.90. The molecule has 0 saturated heterocycles. The van der Waals surface area contributed by atoms with Gasteiger partial charge in [-0.3, -0.25) is 0 Å². The molecule has 3 heteroatoms. The second-order valence-corrected chi connectivity index (χ2v) is 5.25. The summed E-state index contributed by atoms with van der Waals surface area (Å²) in [5.74, 6) is 5.87. The minimum atomic E-state index is 0.767. The van der Waals surface area contributed by atoms with E-state index in [1.807, 2.05) is 6.92 Å². The third-order valence-electron chi connectivity index (χ3n) is 2.15. The number of hydrogen-bond acceptors (Lipinski definition) is 3. The van der Waals surface area contributed by atoms with Gasteiger partial charge in [-0.1, -0.05) is 12.0 Å². The van der Waals surface area contributed by atoms with Crippen LogP contribution in [0.3, 0.4) is 0 Å². The fourth-order valence-corrected chi connectivity index (χ4v) is 3.03. The van der Waals surface area contributed by atoms with Gasteiger partial charge in [0.2, 0.25) is 0 Å². The van der Waals surface area contributed by atoms with Crippen molar-refractivity contribution in [2.75, 3.05) is 6.54 Å². The SMILES string of the molecule is CC#CCNCc1cc(-c2cccs2)cs1. The fraction of sp³-hybridized carbons (Fsp3) is 0.231. The van der Waals surface area contributed by atoms with E-state index < -0.39 is 0 Å². The molecule has 2 aromatic rings. The van der Waals surface area contributed by atoms with Gasteiger partial charge in [-0.05, 0) is 29.8 Å². The Kier molecular flexibility index (Phi) is 4.17. The maximum Gasteiger partial charge on any atom is 0.0579 e.